The average molecular weight is 624 g/mol. The van der Waals surface area contributed by atoms with E-state index in [2.05, 4.69) is 27.4 Å². The molecule has 2 amide bonds. The molecule has 14 heteroatoms. The van der Waals surface area contributed by atoms with Crippen LogP contribution in [0.25, 0.3) is 0 Å². The Balaban J connectivity index is 1.62. The number of rotatable bonds is 12. The smallest absolute Gasteiger partial charge is 0.407 e. The Labute approximate surface area is 262 Å². The van der Waals surface area contributed by atoms with Crippen LogP contribution in [0.5, 0.6) is 11.5 Å². The van der Waals surface area contributed by atoms with Crippen molar-refractivity contribution >= 4 is 40.7 Å². The SMILES string of the molecule is COC(=O)c1cc(N)c(NCC=CCNc2c(N)cc(C(N)=O)cc2OCC#CC(C)(C)N2CCN(C(=O)O)CC2)c(OC)c1. The van der Waals surface area contributed by atoms with Gasteiger partial charge < -0.3 is 52.1 Å². The van der Waals surface area contributed by atoms with Crippen molar-refractivity contribution in [3.63, 3.8) is 0 Å². The Kier molecular flexibility index (Phi) is 11.7. The van der Waals surface area contributed by atoms with Gasteiger partial charge in [-0.05, 0) is 38.1 Å². The molecule has 45 heavy (non-hydrogen) atoms. The van der Waals surface area contributed by atoms with Crippen LogP contribution in [0, 0.1) is 11.8 Å². The second kappa shape index (κ2) is 15.4. The molecule has 2 aromatic rings. The highest BCUT2D eigenvalue weighted by atomic mass is 16.5. The number of methoxy groups -OCH3 is 2. The zero-order chi connectivity index (χ0) is 33.1. The van der Waals surface area contributed by atoms with Gasteiger partial charge in [0.2, 0.25) is 5.91 Å². The van der Waals surface area contributed by atoms with Crippen LogP contribution in [-0.2, 0) is 4.74 Å². The molecular weight excluding hydrogens is 582 g/mol. The fourth-order valence-corrected chi connectivity index (χ4v) is 4.70. The summed E-state index contributed by atoms with van der Waals surface area (Å²) in [5.74, 6) is 5.78. The second-order valence-electron chi connectivity index (χ2n) is 10.6. The van der Waals surface area contributed by atoms with Crippen LogP contribution in [0.2, 0.25) is 0 Å². The quantitative estimate of drug-likeness (QED) is 0.0871. The predicted molar refractivity (Wildman–Crippen MR) is 173 cm³/mol. The van der Waals surface area contributed by atoms with E-state index in [1.54, 1.807) is 6.07 Å². The molecular formula is C31H41N7O7. The number of nitrogens with one attached hydrogen (secondary N) is 2. The molecule has 0 unspecified atom stereocenters. The summed E-state index contributed by atoms with van der Waals surface area (Å²) in [4.78, 5) is 38.4. The van der Waals surface area contributed by atoms with Gasteiger partial charge in [-0.3, -0.25) is 9.69 Å². The molecule has 0 aromatic heterocycles. The molecule has 0 bridgehead atoms. The number of nitrogens with zero attached hydrogens (tertiary/aromatic N) is 2. The number of hydrogen-bond donors (Lipinski definition) is 6. The molecule has 9 N–H and O–H groups in total. The van der Waals surface area contributed by atoms with E-state index in [1.165, 1.54) is 37.3 Å². The maximum absolute atomic E-state index is 11.9. The summed E-state index contributed by atoms with van der Waals surface area (Å²) in [6.07, 6.45) is 2.80. The number of carboxylic acid groups (broad SMARTS) is 1. The number of piperazine rings is 1. The first-order valence-corrected chi connectivity index (χ1v) is 14.2. The molecule has 1 saturated heterocycles. The molecule has 1 aliphatic rings. The molecule has 14 nitrogen and oxygen atoms in total. The molecule has 0 atom stereocenters. The summed E-state index contributed by atoms with van der Waals surface area (Å²) in [5, 5.41) is 15.6. The molecule has 0 saturated carbocycles. The van der Waals surface area contributed by atoms with Crippen LogP contribution >= 0.6 is 0 Å². The highest BCUT2D eigenvalue weighted by Crippen LogP contribution is 2.34. The molecule has 0 radical (unpaired) electrons. The van der Waals surface area contributed by atoms with E-state index in [0.29, 0.717) is 67.8 Å². The van der Waals surface area contributed by atoms with Gasteiger partial charge in [-0.25, -0.2) is 9.59 Å². The molecule has 1 fully saturated rings. The predicted octanol–water partition coefficient (Wildman–Crippen LogP) is 2.28. The minimum Gasteiger partial charge on any atom is -0.494 e. The topological polar surface area (TPSA) is 208 Å². The number of anilines is 4. The van der Waals surface area contributed by atoms with Crippen molar-refractivity contribution in [1.82, 2.24) is 9.80 Å². The van der Waals surface area contributed by atoms with E-state index in [0.717, 1.165) is 0 Å². The van der Waals surface area contributed by atoms with Crippen molar-refractivity contribution in [2.24, 2.45) is 5.73 Å². The lowest BCUT2D eigenvalue weighted by Crippen LogP contribution is -2.55. The Morgan fingerprint density at radius 3 is 2.02 bits per heavy atom. The Bertz CT molecular complexity index is 1490. The van der Waals surface area contributed by atoms with Gasteiger partial charge in [-0.15, -0.1) is 0 Å². The summed E-state index contributed by atoms with van der Waals surface area (Å²) < 4.78 is 16.0. The Morgan fingerprint density at radius 2 is 1.49 bits per heavy atom. The summed E-state index contributed by atoms with van der Waals surface area (Å²) >= 11 is 0. The molecule has 0 aliphatic carbocycles. The standard InChI is InChI=1S/C31H41N7O7/c1-31(2,38-13-11-37(12-14-38)30(41)42)8-7-15-45-25-18-20(28(34)39)16-22(32)27(25)36-10-6-5-9-35-26-23(33)17-21(29(40)44-4)19-24(26)43-3/h5-6,16-19,35-36H,9-15,32-33H2,1-4H3,(H2,34,39)(H,41,42). The Morgan fingerprint density at radius 1 is 0.933 bits per heavy atom. The van der Waals surface area contributed by atoms with Gasteiger partial charge in [-0.2, -0.15) is 0 Å². The Hall–Kier alpha value is -5.29. The molecule has 2 aromatic carbocycles. The number of primary amides is 1. The van der Waals surface area contributed by atoms with Gasteiger partial charge in [0.25, 0.3) is 0 Å². The number of benzene rings is 2. The van der Waals surface area contributed by atoms with Crippen molar-refractivity contribution in [1.29, 1.82) is 0 Å². The third-order valence-electron chi connectivity index (χ3n) is 7.19. The summed E-state index contributed by atoms with van der Waals surface area (Å²) in [6, 6.07) is 6.04. The van der Waals surface area contributed by atoms with Crippen molar-refractivity contribution in [3.05, 3.63) is 47.5 Å². The number of nitrogen functional groups attached to an aromatic ring is 2. The van der Waals surface area contributed by atoms with Gasteiger partial charge in [0.15, 0.2) is 0 Å². The van der Waals surface area contributed by atoms with Crippen molar-refractivity contribution in [2.75, 3.05) is 82.2 Å². The van der Waals surface area contributed by atoms with E-state index in [1.807, 2.05) is 26.0 Å². The maximum Gasteiger partial charge on any atom is 0.407 e. The first-order chi connectivity index (χ1) is 21.4. The van der Waals surface area contributed by atoms with Crippen molar-refractivity contribution < 1.29 is 33.7 Å². The number of amides is 2. The van der Waals surface area contributed by atoms with Crippen molar-refractivity contribution in [3.8, 4) is 23.3 Å². The third-order valence-corrected chi connectivity index (χ3v) is 7.19. The zero-order valence-electron chi connectivity index (χ0n) is 25.9. The fraction of sp³-hybridized carbons (Fsp3) is 0.387. The molecule has 3 rings (SSSR count). The normalized spacial score (nSPS) is 13.5. The summed E-state index contributed by atoms with van der Waals surface area (Å²) in [7, 11) is 2.77. The second-order valence-corrected chi connectivity index (χ2v) is 10.6. The minimum atomic E-state index is -0.921. The summed E-state index contributed by atoms with van der Waals surface area (Å²) in [6.45, 7) is 6.72. The first kappa shape index (κ1) is 34.2. The lowest BCUT2D eigenvalue weighted by atomic mass is 10.0. The number of carbonyl (C=O) groups is 3. The molecule has 1 aliphatic heterocycles. The first-order valence-electron chi connectivity index (χ1n) is 14.2. The van der Waals surface area contributed by atoms with Crippen LogP contribution < -0.4 is 37.3 Å². The molecule has 1 heterocycles. The van der Waals surface area contributed by atoms with Gasteiger partial charge in [0, 0.05) is 44.8 Å². The van der Waals surface area contributed by atoms with Gasteiger partial charge in [0.1, 0.15) is 29.5 Å². The highest BCUT2D eigenvalue weighted by molar-refractivity contribution is 5.96. The van der Waals surface area contributed by atoms with E-state index in [9.17, 15) is 19.5 Å². The number of esters is 1. The average Bonchev–Trinajstić information content (AvgIpc) is 3.01. The van der Waals surface area contributed by atoms with E-state index >= 15 is 0 Å². The largest absolute Gasteiger partial charge is 0.494 e. The van der Waals surface area contributed by atoms with Crippen LogP contribution in [0.3, 0.4) is 0 Å². The van der Waals surface area contributed by atoms with Crippen molar-refractivity contribution in [2.45, 2.75) is 19.4 Å². The number of ether oxygens (including phenoxy) is 3. The van der Waals surface area contributed by atoms with Crippen LogP contribution in [-0.4, -0.2) is 98.5 Å². The van der Waals surface area contributed by atoms with Crippen LogP contribution in [0.1, 0.15) is 34.6 Å². The van der Waals surface area contributed by atoms with E-state index in [-0.39, 0.29) is 23.4 Å². The van der Waals surface area contributed by atoms with E-state index in [4.69, 9.17) is 31.4 Å². The minimum absolute atomic E-state index is 0.0205. The van der Waals surface area contributed by atoms with E-state index < -0.39 is 23.5 Å². The zero-order valence-corrected chi connectivity index (χ0v) is 25.9. The maximum atomic E-state index is 11.9. The lowest BCUT2D eigenvalue weighted by Gasteiger charge is -2.40. The number of carbonyl (C=O) groups excluding carboxylic acids is 2. The number of nitrogens with two attached hydrogens (primary N) is 3. The molecule has 242 valence electrons. The number of hydrogen-bond acceptors (Lipinski definition) is 11. The molecule has 0 spiro atoms. The summed E-state index contributed by atoms with van der Waals surface area (Å²) in [5.41, 5.74) is 19.4. The van der Waals surface area contributed by atoms with Crippen LogP contribution in [0.4, 0.5) is 27.5 Å². The van der Waals surface area contributed by atoms with Gasteiger partial charge in [-0.1, -0.05) is 24.0 Å². The fourth-order valence-electron chi connectivity index (χ4n) is 4.70. The third kappa shape index (κ3) is 9.10. The van der Waals surface area contributed by atoms with Gasteiger partial charge >= 0.3 is 12.1 Å². The highest BCUT2D eigenvalue weighted by Gasteiger charge is 2.29. The van der Waals surface area contributed by atoms with Crippen LogP contribution in [0.15, 0.2) is 36.4 Å². The lowest BCUT2D eigenvalue weighted by molar-refractivity contribution is 0.0600. The van der Waals surface area contributed by atoms with Gasteiger partial charge in [0.05, 0.1) is 36.7 Å². The monoisotopic (exact) mass is 623 g/mol.